The van der Waals surface area contributed by atoms with Crippen molar-refractivity contribution in [2.24, 2.45) is 5.92 Å². The van der Waals surface area contributed by atoms with Gasteiger partial charge in [-0.15, -0.1) is 0 Å². The fourth-order valence-corrected chi connectivity index (χ4v) is 5.18. The molecule has 1 amide bonds. The summed E-state index contributed by atoms with van der Waals surface area (Å²) in [4.78, 5) is 16.6. The van der Waals surface area contributed by atoms with Crippen LogP contribution in [-0.2, 0) is 14.8 Å². The van der Waals surface area contributed by atoms with Gasteiger partial charge in [-0.25, -0.2) is 8.42 Å². The van der Waals surface area contributed by atoms with E-state index in [-0.39, 0.29) is 16.7 Å². The lowest BCUT2D eigenvalue weighted by Gasteiger charge is -2.31. The molecule has 0 atom stereocenters. The maximum Gasteiger partial charge on any atom is 0.244 e. The second-order valence-electron chi connectivity index (χ2n) is 7.06. The average molecular weight is 365 g/mol. The lowest BCUT2D eigenvalue weighted by molar-refractivity contribution is -0.126. The third-order valence-electron chi connectivity index (χ3n) is 5.30. The minimum Gasteiger partial charge on any atom is -0.353 e. The minimum atomic E-state index is -3.50. The zero-order valence-corrected chi connectivity index (χ0v) is 15.4. The van der Waals surface area contributed by atoms with Crippen LogP contribution < -0.4 is 5.32 Å². The van der Waals surface area contributed by atoms with Crippen molar-refractivity contribution in [2.45, 2.75) is 62.3 Å². The molecule has 6 nitrogen and oxygen atoms in total. The van der Waals surface area contributed by atoms with Crippen molar-refractivity contribution >= 4 is 15.9 Å². The van der Waals surface area contributed by atoms with Gasteiger partial charge in [0, 0.05) is 37.4 Å². The normalized spacial score (nSPS) is 21.6. The van der Waals surface area contributed by atoms with Crippen LogP contribution in [0.25, 0.3) is 0 Å². The predicted octanol–water partition coefficient (Wildman–Crippen LogP) is 2.32. The number of hydrogen-bond donors (Lipinski definition) is 1. The van der Waals surface area contributed by atoms with Crippen molar-refractivity contribution in [3.8, 4) is 0 Å². The molecule has 1 aliphatic carbocycles. The molecule has 1 aliphatic heterocycles. The maximum atomic E-state index is 12.6. The highest BCUT2D eigenvalue weighted by atomic mass is 32.2. The second-order valence-corrected chi connectivity index (χ2v) is 9.00. The lowest BCUT2D eigenvalue weighted by Crippen LogP contribution is -2.45. The maximum absolute atomic E-state index is 12.6. The first-order valence-corrected chi connectivity index (χ1v) is 10.7. The average Bonchev–Trinajstić information content (AvgIpc) is 2.91. The van der Waals surface area contributed by atoms with Crippen molar-refractivity contribution in [2.75, 3.05) is 13.1 Å². The quantitative estimate of drug-likeness (QED) is 0.831. The number of nitrogens with one attached hydrogen (secondary N) is 1. The molecule has 2 heterocycles. The molecular weight excluding hydrogens is 338 g/mol. The van der Waals surface area contributed by atoms with E-state index < -0.39 is 10.0 Å². The van der Waals surface area contributed by atoms with Crippen LogP contribution in [-0.4, -0.2) is 42.7 Å². The van der Waals surface area contributed by atoms with Gasteiger partial charge in [-0.1, -0.05) is 25.7 Å². The number of sulfonamides is 1. The van der Waals surface area contributed by atoms with Gasteiger partial charge >= 0.3 is 0 Å². The molecule has 1 aromatic rings. The van der Waals surface area contributed by atoms with Gasteiger partial charge in [-0.2, -0.15) is 4.31 Å². The molecule has 1 saturated carbocycles. The number of carbonyl (C=O) groups excluding carboxylic acids is 1. The number of rotatable bonds is 4. The predicted molar refractivity (Wildman–Crippen MR) is 95.4 cm³/mol. The molecule has 0 radical (unpaired) electrons. The van der Waals surface area contributed by atoms with Crippen LogP contribution in [0.4, 0.5) is 0 Å². The lowest BCUT2D eigenvalue weighted by atomic mass is 9.96. The molecule has 0 bridgehead atoms. The summed E-state index contributed by atoms with van der Waals surface area (Å²) in [5.41, 5.74) is 0. The van der Waals surface area contributed by atoms with E-state index in [1.807, 2.05) is 0 Å². The van der Waals surface area contributed by atoms with E-state index in [4.69, 9.17) is 0 Å². The molecule has 0 spiro atoms. The molecule has 25 heavy (non-hydrogen) atoms. The number of nitrogens with zero attached hydrogens (tertiary/aromatic N) is 2. The first-order chi connectivity index (χ1) is 12.1. The van der Waals surface area contributed by atoms with E-state index in [1.165, 1.54) is 36.2 Å². The summed E-state index contributed by atoms with van der Waals surface area (Å²) in [5.74, 6) is 0.0222. The number of amides is 1. The van der Waals surface area contributed by atoms with E-state index in [0.717, 1.165) is 12.8 Å². The van der Waals surface area contributed by atoms with Gasteiger partial charge in [0.25, 0.3) is 0 Å². The summed E-state index contributed by atoms with van der Waals surface area (Å²) in [5, 5.41) is 3.20. The van der Waals surface area contributed by atoms with Crippen molar-refractivity contribution in [1.29, 1.82) is 0 Å². The van der Waals surface area contributed by atoms with Crippen LogP contribution in [0.1, 0.15) is 51.4 Å². The highest BCUT2D eigenvalue weighted by molar-refractivity contribution is 7.89. The SMILES string of the molecule is O=C(NC1CCCCCC1)C1CCN(S(=O)(=O)c2cccnc2)CC1. The van der Waals surface area contributed by atoms with Gasteiger partial charge in [-0.05, 0) is 37.8 Å². The molecule has 0 unspecified atom stereocenters. The first kappa shape index (κ1) is 18.3. The van der Waals surface area contributed by atoms with E-state index in [0.29, 0.717) is 32.0 Å². The van der Waals surface area contributed by atoms with Crippen LogP contribution in [0, 0.1) is 5.92 Å². The van der Waals surface area contributed by atoms with Gasteiger partial charge < -0.3 is 5.32 Å². The Bertz CT molecular complexity index is 662. The number of piperidine rings is 1. The number of hydrogen-bond acceptors (Lipinski definition) is 4. The Balaban J connectivity index is 1.53. The van der Waals surface area contributed by atoms with Crippen molar-refractivity contribution < 1.29 is 13.2 Å². The van der Waals surface area contributed by atoms with Gasteiger partial charge in [0.1, 0.15) is 4.90 Å². The summed E-state index contributed by atoms with van der Waals surface area (Å²) in [6.45, 7) is 0.778. The molecule has 7 heteroatoms. The van der Waals surface area contributed by atoms with Crippen molar-refractivity contribution in [3.05, 3.63) is 24.5 Å². The molecule has 1 saturated heterocycles. The molecule has 2 aliphatic rings. The highest BCUT2D eigenvalue weighted by Crippen LogP contribution is 2.24. The van der Waals surface area contributed by atoms with Crippen LogP contribution in [0.5, 0.6) is 0 Å². The van der Waals surface area contributed by atoms with E-state index in [2.05, 4.69) is 10.3 Å². The zero-order valence-electron chi connectivity index (χ0n) is 14.6. The number of aromatic nitrogens is 1. The summed E-state index contributed by atoms with van der Waals surface area (Å²) in [6, 6.07) is 3.49. The molecule has 1 aromatic heterocycles. The summed E-state index contributed by atoms with van der Waals surface area (Å²) < 4.78 is 26.7. The highest BCUT2D eigenvalue weighted by Gasteiger charge is 2.32. The van der Waals surface area contributed by atoms with Gasteiger partial charge in [0.05, 0.1) is 0 Å². The molecule has 3 rings (SSSR count). The standard InChI is InChI=1S/C18H27N3O3S/c22-18(20-16-6-3-1-2-4-7-16)15-9-12-21(13-10-15)25(23,24)17-8-5-11-19-14-17/h5,8,11,14-16H,1-4,6-7,9-10,12-13H2,(H,20,22). The van der Waals surface area contributed by atoms with Gasteiger partial charge in [0.15, 0.2) is 0 Å². The van der Waals surface area contributed by atoms with Crippen LogP contribution in [0.3, 0.4) is 0 Å². The minimum absolute atomic E-state index is 0.0800. The van der Waals surface area contributed by atoms with Crippen LogP contribution in [0.2, 0.25) is 0 Å². The third-order valence-corrected chi connectivity index (χ3v) is 7.18. The Morgan fingerprint density at radius 1 is 1.08 bits per heavy atom. The van der Waals surface area contributed by atoms with Crippen molar-refractivity contribution in [1.82, 2.24) is 14.6 Å². The van der Waals surface area contributed by atoms with E-state index in [9.17, 15) is 13.2 Å². The first-order valence-electron chi connectivity index (χ1n) is 9.28. The summed E-state index contributed by atoms with van der Waals surface area (Å²) >= 11 is 0. The number of carbonyl (C=O) groups is 1. The Kier molecular flexibility index (Phi) is 6.06. The molecule has 1 N–H and O–H groups in total. The fraction of sp³-hybridized carbons (Fsp3) is 0.667. The molecule has 138 valence electrons. The van der Waals surface area contributed by atoms with Gasteiger partial charge in [-0.3, -0.25) is 9.78 Å². The monoisotopic (exact) mass is 365 g/mol. The number of pyridine rings is 1. The molecule has 2 fully saturated rings. The largest absolute Gasteiger partial charge is 0.353 e. The summed E-state index contributed by atoms with van der Waals surface area (Å²) in [6.07, 6.45) is 11.1. The van der Waals surface area contributed by atoms with Crippen LogP contribution >= 0.6 is 0 Å². The Morgan fingerprint density at radius 3 is 2.36 bits per heavy atom. The topological polar surface area (TPSA) is 79.4 Å². The second kappa shape index (κ2) is 8.27. The van der Waals surface area contributed by atoms with Crippen molar-refractivity contribution in [3.63, 3.8) is 0 Å². The summed E-state index contributed by atoms with van der Waals surface area (Å²) in [7, 11) is -3.50. The molecule has 0 aromatic carbocycles. The fourth-order valence-electron chi connectivity index (χ4n) is 3.75. The molecular formula is C18H27N3O3S. The smallest absolute Gasteiger partial charge is 0.244 e. The Morgan fingerprint density at radius 2 is 1.76 bits per heavy atom. The Hall–Kier alpha value is -1.47. The third kappa shape index (κ3) is 4.58. The zero-order chi connectivity index (χ0) is 17.7. The van der Waals surface area contributed by atoms with E-state index >= 15 is 0 Å². The Labute approximate surface area is 150 Å². The van der Waals surface area contributed by atoms with Crippen LogP contribution in [0.15, 0.2) is 29.4 Å². The van der Waals surface area contributed by atoms with Gasteiger partial charge in [0.2, 0.25) is 15.9 Å². The van der Waals surface area contributed by atoms with E-state index in [1.54, 1.807) is 18.3 Å².